The van der Waals surface area contributed by atoms with E-state index in [1.807, 2.05) is 54.6 Å². The fourth-order valence-corrected chi connectivity index (χ4v) is 6.78. The standard InChI is InChI=1S/C33H38ClN3O4S.ClH/c1-3-20-37(33(38)41-26-27-11-6-4-7-12-27)31-18-22-36(23-19-31)21-17-29(28-13-10-14-30(34)24-28)25-35(2)42(39,40)32-15-8-5-9-16-32;/h1,4-16,24,29,31H,17-23,25-26H2,2H3;1H/t29-;/m1./s1. The maximum atomic E-state index is 13.2. The fourth-order valence-electron chi connectivity index (χ4n) is 5.34. The van der Waals surface area contributed by atoms with Gasteiger partial charge in [0.1, 0.15) is 6.61 Å². The molecule has 1 aliphatic rings. The highest BCUT2D eigenvalue weighted by atomic mass is 35.5. The third kappa shape index (κ3) is 9.72. The summed E-state index contributed by atoms with van der Waals surface area (Å²) in [7, 11) is -2.00. The Morgan fingerprint density at radius 1 is 1.05 bits per heavy atom. The highest BCUT2D eigenvalue weighted by molar-refractivity contribution is 7.89. The lowest BCUT2D eigenvalue weighted by Gasteiger charge is -2.37. The van der Waals surface area contributed by atoms with Crippen LogP contribution in [0.5, 0.6) is 0 Å². The van der Waals surface area contributed by atoms with Crippen LogP contribution in [0.15, 0.2) is 89.8 Å². The van der Waals surface area contributed by atoms with Crippen molar-refractivity contribution < 1.29 is 17.9 Å². The Bertz CT molecular complexity index is 1440. The molecule has 0 aromatic heterocycles. The molecule has 0 bridgehead atoms. The quantitative estimate of drug-likeness (QED) is 0.217. The summed E-state index contributed by atoms with van der Waals surface area (Å²) < 4.78 is 33.5. The van der Waals surface area contributed by atoms with Crippen molar-refractivity contribution in [1.29, 1.82) is 0 Å². The molecule has 43 heavy (non-hydrogen) atoms. The van der Waals surface area contributed by atoms with E-state index in [-0.39, 0.29) is 48.5 Å². The van der Waals surface area contributed by atoms with Gasteiger partial charge in [-0.1, -0.05) is 78.2 Å². The zero-order chi connectivity index (χ0) is 30.0. The minimum absolute atomic E-state index is 0. The van der Waals surface area contributed by atoms with Crippen LogP contribution in [0.1, 0.15) is 36.3 Å². The monoisotopic (exact) mass is 643 g/mol. The maximum absolute atomic E-state index is 13.2. The zero-order valence-corrected chi connectivity index (χ0v) is 26.7. The minimum Gasteiger partial charge on any atom is -0.445 e. The summed E-state index contributed by atoms with van der Waals surface area (Å²) in [5.41, 5.74) is 1.94. The van der Waals surface area contributed by atoms with Crippen LogP contribution in [-0.4, -0.2) is 74.4 Å². The number of benzene rings is 3. The normalized spacial score (nSPS) is 14.8. The van der Waals surface area contributed by atoms with Crippen molar-refractivity contribution in [3.8, 4) is 12.3 Å². The van der Waals surface area contributed by atoms with E-state index in [1.54, 1.807) is 42.3 Å². The predicted octanol–water partition coefficient (Wildman–Crippen LogP) is 6.29. The molecule has 0 N–H and O–H groups in total. The number of hydrogen-bond donors (Lipinski definition) is 0. The number of amides is 1. The largest absolute Gasteiger partial charge is 0.445 e. The first kappa shape index (κ1) is 34.4. The second kappa shape index (κ2) is 16.7. The van der Waals surface area contributed by atoms with Crippen molar-refractivity contribution >= 4 is 40.1 Å². The van der Waals surface area contributed by atoms with Crippen LogP contribution in [0.2, 0.25) is 5.02 Å². The van der Waals surface area contributed by atoms with E-state index in [9.17, 15) is 13.2 Å². The molecular weight excluding hydrogens is 605 g/mol. The Morgan fingerprint density at radius 3 is 2.33 bits per heavy atom. The van der Waals surface area contributed by atoms with Crippen LogP contribution in [0.3, 0.4) is 0 Å². The summed E-state index contributed by atoms with van der Waals surface area (Å²) >= 11 is 6.32. The van der Waals surface area contributed by atoms with Crippen molar-refractivity contribution in [3.05, 3.63) is 101 Å². The highest BCUT2D eigenvalue weighted by Crippen LogP contribution is 2.27. The van der Waals surface area contributed by atoms with Gasteiger partial charge in [-0.25, -0.2) is 17.5 Å². The average molecular weight is 645 g/mol. The molecule has 7 nitrogen and oxygen atoms in total. The highest BCUT2D eigenvalue weighted by Gasteiger charge is 2.30. The molecule has 0 unspecified atom stereocenters. The fraction of sp³-hybridized carbons (Fsp3) is 0.364. The summed E-state index contributed by atoms with van der Waals surface area (Å²) in [6.45, 7) is 3.14. The Balaban J connectivity index is 0.00000506. The van der Waals surface area contributed by atoms with Gasteiger partial charge in [0, 0.05) is 37.7 Å². The van der Waals surface area contributed by atoms with Crippen molar-refractivity contribution in [1.82, 2.24) is 14.1 Å². The number of hydrogen-bond acceptors (Lipinski definition) is 5. The number of piperidine rings is 1. The van der Waals surface area contributed by atoms with E-state index >= 15 is 0 Å². The van der Waals surface area contributed by atoms with Crippen LogP contribution in [0, 0.1) is 12.3 Å². The van der Waals surface area contributed by atoms with Gasteiger partial charge in [0.2, 0.25) is 10.0 Å². The van der Waals surface area contributed by atoms with Crippen LogP contribution in [0.4, 0.5) is 4.79 Å². The predicted molar refractivity (Wildman–Crippen MR) is 174 cm³/mol. The van der Waals surface area contributed by atoms with E-state index in [1.165, 1.54) is 4.31 Å². The first-order valence-electron chi connectivity index (χ1n) is 14.2. The van der Waals surface area contributed by atoms with E-state index < -0.39 is 10.0 Å². The van der Waals surface area contributed by atoms with E-state index in [0.29, 0.717) is 11.6 Å². The number of ether oxygens (including phenoxy) is 1. The Morgan fingerprint density at radius 2 is 1.70 bits per heavy atom. The number of terminal acetylenes is 1. The van der Waals surface area contributed by atoms with Gasteiger partial charge in [0.15, 0.2) is 0 Å². The third-order valence-electron chi connectivity index (χ3n) is 7.74. The molecule has 10 heteroatoms. The van der Waals surface area contributed by atoms with Crippen LogP contribution < -0.4 is 0 Å². The van der Waals surface area contributed by atoms with Crippen molar-refractivity contribution in [3.63, 3.8) is 0 Å². The van der Waals surface area contributed by atoms with Gasteiger partial charge in [-0.05, 0) is 67.1 Å². The van der Waals surface area contributed by atoms with E-state index in [0.717, 1.165) is 50.0 Å². The number of nitrogens with zero attached hydrogens (tertiary/aromatic N) is 3. The number of carbonyl (C=O) groups is 1. The molecule has 0 spiro atoms. The molecule has 0 saturated carbocycles. The van der Waals surface area contributed by atoms with Crippen LogP contribution >= 0.6 is 24.0 Å². The lowest BCUT2D eigenvalue weighted by molar-refractivity contribution is 0.0663. The van der Waals surface area contributed by atoms with Crippen molar-refractivity contribution in [2.75, 3.05) is 39.8 Å². The molecule has 1 atom stereocenters. The molecule has 4 rings (SSSR count). The van der Waals surface area contributed by atoms with Gasteiger partial charge in [-0.15, -0.1) is 18.8 Å². The Hall–Kier alpha value is -3.06. The number of halogens is 2. The summed E-state index contributed by atoms with van der Waals surface area (Å²) in [5.74, 6) is 2.56. The first-order valence-corrected chi connectivity index (χ1v) is 16.0. The number of sulfonamides is 1. The van der Waals surface area contributed by atoms with Crippen molar-refractivity contribution in [2.24, 2.45) is 0 Å². The molecule has 1 amide bonds. The van der Waals surface area contributed by atoms with E-state index in [4.69, 9.17) is 22.8 Å². The number of likely N-dealkylation sites (N-methyl/N-ethyl adjacent to an activating group) is 1. The number of likely N-dealkylation sites (tertiary alicyclic amines) is 1. The molecule has 3 aromatic rings. The molecule has 1 aliphatic heterocycles. The first-order chi connectivity index (χ1) is 20.3. The SMILES string of the molecule is C#CCN(C(=O)OCc1ccccc1)C1CCN(CC[C@H](CN(C)S(=O)(=O)c2ccccc2)c2cccc(Cl)c2)CC1.Cl. The molecule has 0 aliphatic carbocycles. The molecule has 1 saturated heterocycles. The number of rotatable bonds is 12. The van der Waals surface area contributed by atoms with Gasteiger partial charge < -0.3 is 9.64 Å². The van der Waals surface area contributed by atoms with Crippen LogP contribution in [0.25, 0.3) is 0 Å². The summed E-state index contributed by atoms with van der Waals surface area (Å²) in [6, 6.07) is 25.7. The maximum Gasteiger partial charge on any atom is 0.411 e. The molecular formula is C33H39Cl2N3O4S. The molecule has 1 heterocycles. The Labute approximate surface area is 267 Å². The Kier molecular flexibility index (Phi) is 13.4. The minimum atomic E-state index is -3.63. The second-order valence-electron chi connectivity index (χ2n) is 10.6. The number of carbonyl (C=O) groups excluding carboxylic acids is 1. The van der Waals surface area contributed by atoms with Crippen molar-refractivity contribution in [2.45, 2.75) is 42.7 Å². The average Bonchev–Trinajstić information content (AvgIpc) is 3.02. The van der Waals surface area contributed by atoms with Gasteiger partial charge in [-0.2, -0.15) is 0 Å². The third-order valence-corrected chi connectivity index (χ3v) is 9.81. The molecule has 230 valence electrons. The lowest BCUT2D eigenvalue weighted by atomic mass is 9.94. The molecule has 0 radical (unpaired) electrons. The second-order valence-corrected chi connectivity index (χ2v) is 13.1. The molecule has 3 aromatic carbocycles. The van der Waals surface area contributed by atoms with Gasteiger partial charge >= 0.3 is 6.09 Å². The van der Waals surface area contributed by atoms with Gasteiger partial charge in [0.25, 0.3) is 0 Å². The topological polar surface area (TPSA) is 70.2 Å². The van der Waals surface area contributed by atoms with E-state index in [2.05, 4.69) is 10.8 Å². The zero-order valence-electron chi connectivity index (χ0n) is 24.3. The molecule has 1 fully saturated rings. The van der Waals surface area contributed by atoms with Gasteiger partial charge in [-0.3, -0.25) is 4.90 Å². The summed E-state index contributed by atoms with van der Waals surface area (Å²) in [4.78, 5) is 17.2. The van der Waals surface area contributed by atoms with Crippen LogP contribution in [-0.2, 0) is 21.4 Å². The van der Waals surface area contributed by atoms with Gasteiger partial charge in [0.05, 0.1) is 11.4 Å². The summed E-state index contributed by atoms with van der Waals surface area (Å²) in [6.07, 6.45) is 7.53. The smallest absolute Gasteiger partial charge is 0.411 e. The summed E-state index contributed by atoms with van der Waals surface area (Å²) in [5, 5.41) is 0.625. The lowest BCUT2D eigenvalue weighted by Crippen LogP contribution is -2.48.